The molecular weight excluding hydrogens is 198 g/mol. The molecule has 1 aromatic carbocycles. The van der Waals surface area contributed by atoms with Crippen molar-refractivity contribution in [2.24, 2.45) is 5.16 Å². The quantitative estimate of drug-likeness (QED) is 0.607. The van der Waals surface area contributed by atoms with E-state index in [4.69, 9.17) is 4.84 Å². The first kappa shape index (κ1) is 10.8. The smallest absolute Gasteiger partial charge is 0.117 e. The van der Waals surface area contributed by atoms with Crippen LogP contribution < -0.4 is 0 Å². The molecule has 2 rings (SSSR count). The number of hydrogen-bond donors (Lipinski definition) is 0. The maximum atomic E-state index is 5.26. The van der Waals surface area contributed by atoms with Gasteiger partial charge in [-0.1, -0.05) is 29.1 Å². The van der Waals surface area contributed by atoms with Gasteiger partial charge in [0, 0.05) is 17.5 Å². The lowest BCUT2D eigenvalue weighted by atomic mass is 10.1. The molecule has 1 heterocycles. The Hall–Kier alpha value is -1.75. The minimum absolute atomic E-state index is 0.679. The minimum Gasteiger partial charge on any atom is -0.396 e. The van der Waals surface area contributed by atoms with Crippen molar-refractivity contribution in [1.29, 1.82) is 0 Å². The number of benzene rings is 1. The van der Waals surface area contributed by atoms with Gasteiger partial charge in [-0.3, -0.25) is 0 Å². The lowest BCUT2D eigenvalue weighted by molar-refractivity contribution is 0.140. The van der Waals surface area contributed by atoms with Gasteiger partial charge in [-0.2, -0.15) is 0 Å². The highest BCUT2D eigenvalue weighted by Crippen LogP contribution is 2.07. The molecule has 0 aromatic heterocycles. The fourth-order valence-electron chi connectivity index (χ4n) is 1.56. The van der Waals surface area contributed by atoms with E-state index in [2.05, 4.69) is 23.1 Å². The van der Waals surface area contributed by atoms with Crippen LogP contribution in [0.2, 0.25) is 0 Å². The van der Waals surface area contributed by atoms with E-state index in [1.807, 2.05) is 25.1 Å². The van der Waals surface area contributed by atoms with Gasteiger partial charge in [0.05, 0.1) is 5.71 Å². The third kappa shape index (κ3) is 2.87. The van der Waals surface area contributed by atoms with Crippen molar-refractivity contribution < 1.29 is 4.84 Å². The molecule has 0 spiro atoms. The topological polar surface area (TPSA) is 21.6 Å². The number of oxime groups is 1. The van der Waals surface area contributed by atoms with E-state index in [1.54, 1.807) is 0 Å². The number of fused-ring (bicyclic) bond motifs is 2. The highest BCUT2D eigenvalue weighted by molar-refractivity contribution is 5.98. The van der Waals surface area contributed by atoms with E-state index in [0.717, 1.165) is 36.1 Å². The third-order valence-corrected chi connectivity index (χ3v) is 2.50. The monoisotopic (exact) mass is 213 g/mol. The predicted octanol–water partition coefficient (Wildman–Crippen LogP) is 2.96. The molecule has 16 heavy (non-hydrogen) atoms. The highest BCUT2D eigenvalue weighted by Gasteiger charge is 1.99. The van der Waals surface area contributed by atoms with E-state index < -0.39 is 0 Å². The average Bonchev–Trinajstić information content (AvgIpc) is 2.31. The molecule has 0 saturated carbocycles. The van der Waals surface area contributed by atoms with Gasteiger partial charge in [-0.25, -0.2) is 0 Å². The summed E-state index contributed by atoms with van der Waals surface area (Å²) in [4.78, 5) is 5.26. The standard InChI is InChI=1S/C14H15NO/c1-12-14-9-6-8-13(11-14)7-4-2-3-5-10-16-15-12/h6,8-9,11H,2-3,5,10H2,1H3/b15-12+. The van der Waals surface area contributed by atoms with Crippen molar-refractivity contribution in [1.82, 2.24) is 0 Å². The molecule has 1 aromatic rings. The van der Waals surface area contributed by atoms with E-state index in [0.29, 0.717) is 6.61 Å². The van der Waals surface area contributed by atoms with Crippen molar-refractivity contribution in [3.05, 3.63) is 35.4 Å². The molecule has 0 N–H and O–H groups in total. The molecule has 2 nitrogen and oxygen atoms in total. The van der Waals surface area contributed by atoms with Crippen LogP contribution in [-0.2, 0) is 4.84 Å². The van der Waals surface area contributed by atoms with Crippen LogP contribution in [-0.4, -0.2) is 12.3 Å². The Morgan fingerprint density at radius 3 is 3.19 bits per heavy atom. The number of nitrogens with zero attached hydrogens (tertiary/aromatic N) is 1. The van der Waals surface area contributed by atoms with E-state index in [9.17, 15) is 0 Å². The van der Waals surface area contributed by atoms with Gasteiger partial charge < -0.3 is 4.84 Å². The molecule has 2 heteroatoms. The Labute approximate surface area is 96.3 Å². The van der Waals surface area contributed by atoms with Crippen LogP contribution in [0.1, 0.15) is 37.3 Å². The molecule has 0 amide bonds. The summed E-state index contributed by atoms with van der Waals surface area (Å²) in [6.45, 7) is 2.64. The molecule has 0 fully saturated rings. The summed E-state index contributed by atoms with van der Waals surface area (Å²) in [6, 6.07) is 8.11. The Bertz CT molecular complexity index is 451. The molecule has 2 bridgehead atoms. The van der Waals surface area contributed by atoms with Gasteiger partial charge in [0.15, 0.2) is 0 Å². The van der Waals surface area contributed by atoms with Crippen LogP contribution in [0.4, 0.5) is 0 Å². The maximum absolute atomic E-state index is 5.26. The summed E-state index contributed by atoms with van der Waals surface area (Å²) >= 11 is 0. The van der Waals surface area contributed by atoms with Crippen LogP contribution in [0.5, 0.6) is 0 Å². The van der Waals surface area contributed by atoms with Crippen LogP contribution in [0.15, 0.2) is 29.4 Å². The summed E-state index contributed by atoms with van der Waals surface area (Å²) in [7, 11) is 0. The zero-order valence-corrected chi connectivity index (χ0v) is 9.49. The Balaban J connectivity index is 2.32. The Kier molecular flexibility index (Phi) is 3.61. The van der Waals surface area contributed by atoms with Crippen LogP contribution in [0, 0.1) is 11.8 Å². The predicted molar refractivity (Wildman–Crippen MR) is 65.3 cm³/mol. The molecule has 0 unspecified atom stereocenters. The van der Waals surface area contributed by atoms with Gasteiger partial charge >= 0.3 is 0 Å². The van der Waals surface area contributed by atoms with E-state index in [1.165, 1.54) is 0 Å². The second-order valence-corrected chi connectivity index (χ2v) is 3.85. The molecule has 1 aliphatic rings. The fraction of sp³-hybridized carbons (Fsp3) is 0.357. The summed E-state index contributed by atoms with van der Waals surface area (Å²) in [5, 5.41) is 4.10. The zero-order valence-electron chi connectivity index (χ0n) is 9.49. The van der Waals surface area contributed by atoms with Gasteiger partial charge in [0.25, 0.3) is 0 Å². The molecule has 1 aliphatic heterocycles. The van der Waals surface area contributed by atoms with Crippen molar-refractivity contribution in [2.75, 3.05) is 6.61 Å². The highest BCUT2D eigenvalue weighted by atomic mass is 16.6. The lowest BCUT2D eigenvalue weighted by Crippen LogP contribution is -1.98. The summed E-state index contributed by atoms with van der Waals surface area (Å²) in [5.74, 6) is 6.36. The second-order valence-electron chi connectivity index (χ2n) is 3.85. The number of rotatable bonds is 0. The first-order chi connectivity index (χ1) is 7.86. The Morgan fingerprint density at radius 1 is 1.31 bits per heavy atom. The average molecular weight is 213 g/mol. The molecule has 0 aliphatic carbocycles. The third-order valence-electron chi connectivity index (χ3n) is 2.50. The lowest BCUT2D eigenvalue weighted by Gasteiger charge is -2.03. The largest absolute Gasteiger partial charge is 0.396 e. The first-order valence-corrected chi connectivity index (χ1v) is 5.62. The maximum Gasteiger partial charge on any atom is 0.117 e. The van der Waals surface area contributed by atoms with Crippen molar-refractivity contribution in [3.8, 4) is 11.8 Å². The summed E-state index contributed by atoms with van der Waals surface area (Å²) in [5.41, 5.74) is 3.03. The summed E-state index contributed by atoms with van der Waals surface area (Å²) < 4.78 is 0. The zero-order chi connectivity index (χ0) is 11.2. The van der Waals surface area contributed by atoms with Crippen molar-refractivity contribution in [2.45, 2.75) is 26.2 Å². The number of hydrogen-bond acceptors (Lipinski definition) is 2. The van der Waals surface area contributed by atoms with E-state index in [-0.39, 0.29) is 0 Å². The van der Waals surface area contributed by atoms with Crippen molar-refractivity contribution in [3.63, 3.8) is 0 Å². The van der Waals surface area contributed by atoms with Crippen LogP contribution >= 0.6 is 0 Å². The normalized spacial score (nSPS) is 18.9. The molecular formula is C14H15NO. The molecule has 0 radical (unpaired) electrons. The second kappa shape index (κ2) is 5.37. The SMILES string of the molecule is C/C1=N\OCCCCC#Cc2cccc1c2. The van der Waals surface area contributed by atoms with Crippen LogP contribution in [0.25, 0.3) is 0 Å². The van der Waals surface area contributed by atoms with Crippen LogP contribution in [0.3, 0.4) is 0 Å². The van der Waals surface area contributed by atoms with Gasteiger partial charge in [-0.05, 0) is 31.9 Å². The van der Waals surface area contributed by atoms with E-state index >= 15 is 0 Å². The van der Waals surface area contributed by atoms with Crippen molar-refractivity contribution >= 4 is 5.71 Å². The van der Waals surface area contributed by atoms with Gasteiger partial charge in [-0.15, -0.1) is 0 Å². The first-order valence-electron chi connectivity index (χ1n) is 5.62. The molecule has 0 atom stereocenters. The van der Waals surface area contributed by atoms with Gasteiger partial charge in [0.1, 0.15) is 6.61 Å². The minimum atomic E-state index is 0.679. The fourth-order valence-corrected chi connectivity index (χ4v) is 1.56. The van der Waals surface area contributed by atoms with Gasteiger partial charge in [0.2, 0.25) is 0 Å². The molecule has 82 valence electrons. The molecule has 0 saturated heterocycles. The Morgan fingerprint density at radius 2 is 2.25 bits per heavy atom. The summed E-state index contributed by atoms with van der Waals surface area (Å²) in [6.07, 6.45) is 3.01.